The maximum Gasteiger partial charge on any atom is 0.336 e. The molecule has 1 atom stereocenters. The lowest BCUT2D eigenvalue weighted by Gasteiger charge is -2.49. The van der Waals surface area contributed by atoms with E-state index in [1.807, 2.05) is 18.2 Å². The molecule has 1 aliphatic carbocycles. The van der Waals surface area contributed by atoms with E-state index in [2.05, 4.69) is 43.4 Å². The number of benzene rings is 1. The number of carbonyl (C=O) groups excluding carboxylic acids is 2. The molecule has 10 nitrogen and oxygen atoms in total. The molecule has 1 amide bonds. The van der Waals surface area contributed by atoms with Gasteiger partial charge in [-0.3, -0.25) is 19.3 Å². The molecule has 0 spiro atoms. The number of aliphatic carboxylic acids is 2. The first kappa shape index (κ1) is 27.3. The Bertz CT molecular complexity index is 893. The first-order valence-electron chi connectivity index (χ1n) is 11.1. The minimum Gasteiger partial charge on any atom is -0.481 e. The quantitative estimate of drug-likeness (QED) is 0.345. The van der Waals surface area contributed by atoms with Crippen LogP contribution in [0.3, 0.4) is 0 Å². The SMILES string of the molecule is CN(C)C1(c2ccccc2)CCC(C)(CNC(=O)COC(=O)CC(O)(CC(=O)O)C(=O)O)CC1. The summed E-state index contributed by atoms with van der Waals surface area (Å²) < 4.78 is 4.75. The zero-order chi connectivity index (χ0) is 25.6. The number of amides is 1. The van der Waals surface area contributed by atoms with Crippen molar-refractivity contribution in [2.45, 2.75) is 56.6 Å². The number of carbonyl (C=O) groups is 4. The molecule has 0 heterocycles. The monoisotopic (exact) mass is 478 g/mol. The first-order chi connectivity index (χ1) is 15.8. The van der Waals surface area contributed by atoms with Crippen LogP contribution in [0.25, 0.3) is 0 Å². The molecule has 1 fully saturated rings. The molecule has 34 heavy (non-hydrogen) atoms. The van der Waals surface area contributed by atoms with Crippen molar-refractivity contribution >= 4 is 23.8 Å². The van der Waals surface area contributed by atoms with Crippen LogP contribution < -0.4 is 5.32 Å². The van der Waals surface area contributed by atoms with Gasteiger partial charge in [0.2, 0.25) is 0 Å². The number of nitrogens with one attached hydrogen (secondary N) is 1. The Hall–Kier alpha value is -2.98. The molecule has 1 unspecified atom stereocenters. The zero-order valence-electron chi connectivity index (χ0n) is 19.9. The molecule has 1 aliphatic rings. The first-order valence-corrected chi connectivity index (χ1v) is 11.1. The molecule has 0 aliphatic heterocycles. The minimum atomic E-state index is -2.80. The molecule has 2 rings (SSSR count). The Morgan fingerprint density at radius 1 is 1.03 bits per heavy atom. The van der Waals surface area contributed by atoms with E-state index in [-0.39, 0.29) is 11.0 Å². The number of hydrogen-bond donors (Lipinski definition) is 4. The van der Waals surface area contributed by atoms with Crippen molar-refractivity contribution in [3.05, 3.63) is 35.9 Å². The van der Waals surface area contributed by atoms with Crippen molar-refractivity contribution in [2.24, 2.45) is 5.41 Å². The highest BCUT2D eigenvalue weighted by Gasteiger charge is 2.43. The molecular weight excluding hydrogens is 444 g/mol. The highest BCUT2D eigenvalue weighted by molar-refractivity contribution is 5.89. The van der Waals surface area contributed by atoms with Crippen molar-refractivity contribution in [1.29, 1.82) is 0 Å². The fourth-order valence-electron chi connectivity index (χ4n) is 4.45. The smallest absolute Gasteiger partial charge is 0.336 e. The Morgan fingerprint density at radius 3 is 2.12 bits per heavy atom. The lowest BCUT2D eigenvalue weighted by atomic mass is 9.65. The van der Waals surface area contributed by atoms with Gasteiger partial charge in [-0.15, -0.1) is 0 Å². The second-order valence-corrected chi connectivity index (χ2v) is 9.62. The van der Waals surface area contributed by atoms with Crippen LogP contribution in [0.4, 0.5) is 0 Å². The van der Waals surface area contributed by atoms with Crippen molar-refractivity contribution < 1.29 is 39.2 Å². The van der Waals surface area contributed by atoms with Gasteiger partial charge in [0.05, 0.1) is 12.8 Å². The Kier molecular flexibility index (Phi) is 8.79. The number of carboxylic acids is 2. The highest BCUT2D eigenvalue weighted by atomic mass is 16.5. The summed E-state index contributed by atoms with van der Waals surface area (Å²) in [5.41, 5.74) is -1.75. The van der Waals surface area contributed by atoms with Gasteiger partial charge in [0.15, 0.2) is 12.2 Å². The molecule has 10 heteroatoms. The summed E-state index contributed by atoms with van der Waals surface area (Å²) in [4.78, 5) is 48.2. The number of esters is 1. The molecule has 0 aromatic heterocycles. The number of nitrogens with zero attached hydrogens (tertiary/aromatic N) is 1. The normalized spacial score (nSPS) is 24.1. The van der Waals surface area contributed by atoms with Crippen LogP contribution in [0.1, 0.15) is 51.0 Å². The molecule has 1 aromatic rings. The molecule has 0 bridgehead atoms. The number of ether oxygens (including phenoxy) is 1. The van der Waals surface area contributed by atoms with Crippen LogP contribution >= 0.6 is 0 Å². The summed E-state index contributed by atoms with van der Waals surface area (Å²) in [5.74, 6) is -5.17. The Balaban J connectivity index is 1.85. The molecular formula is C24H34N2O8. The third kappa shape index (κ3) is 6.77. The lowest BCUT2D eigenvalue weighted by Crippen LogP contribution is -2.49. The van der Waals surface area contributed by atoms with Gasteiger partial charge in [0.1, 0.15) is 0 Å². The lowest BCUT2D eigenvalue weighted by molar-refractivity contribution is -0.172. The number of hydrogen-bond acceptors (Lipinski definition) is 7. The van der Waals surface area contributed by atoms with Gasteiger partial charge in [0.25, 0.3) is 5.91 Å². The summed E-state index contributed by atoms with van der Waals surface area (Å²) in [6.45, 7) is 1.84. The fraction of sp³-hybridized carbons (Fsp3) is 0.583. The predicted octanol–water partition coefficient (Wildman–Crippen LogP) is 1.36. The molecule has 1 saturated carbocycles. The third-order valence-electron chi connectivity index (χ3n) is 6.81. The van der Waals surface area contributed by atoms with E-state index in [4.69, 9.17) is 14.9 Å². The second kappa shape index (κ2) is 11.0. The largest absolute Gasteiger partial charge is 0.481 e. The van der Waals surface area contributed by atoms with Crippen molar-refractivity contribution in [3.63, 3.8) is 0 Å². The maximum absolute atomic E-state index is 12.2. The highest BCUT2D eigenvalue weighted by Crippen LogP contribution is 2.47. The number of rotatable bonds is 11. The fourth-order valence-corrected chi connectivity index (χ4v) is 4.45. The van der Waals surface area contributed by atoms with E-state index in [1.54, 1.807) is 0 Å². The van der Waals surface area contributed by atoms with Gasteiger partial charge in [-0.1, -0.05) is 37.3 Å². The van der Waals surface area contributed by atoms with Gasteiger partial charge >= 0.3 is 17.9 Å². The van der Waals surface area contributed by atoms with Crippen molar-refractivity contribution in [1.82, 2.24) is 10.2 Å². The summed E-state index contributed by atoms with van der Waals surface area (Å²) in [6, 6.07) is 10.3. The van der Waals surface area contributed by atoms with E-state index in [0.29, 0.717) is 6.54 Å². The number of carboxylic acid groups (broad SMARTS) is 2. The summed E-state index contributed by atoms with van der Waals surface area (Å²) >= 11 is 0. The topological polar surface area (TPSA) is 153 Å². The van der Waals surface area contributed by atoms with E-state index in [0.717, 1.165) is 25.7 Å². The van der Waals surface area contributed by atoms with Crippen LogP contribution in [0, 0.1) is 5.41 Å². The van der Waals surface area contributed by atoms with Gasteiger partial charge in [0, 0.05) is 12.1 Å². The molecule has 4 N–H and O–H groups in total. The van der Waals surface area contributed by atoms with Gasteiger partial charge in [-0.2, -0.15) is 0 Å². The predicted molar refractivity (Wildman–Crippen MR) is 122 cm³/mol. The van der Waals surface area contributed by atoms with E-state index in [1.165, 1.54) is 5.56 Å². The van der Waals surface area contributed by atoms with E-state index in [9.17, 15) is 24.3 Å². The third-order valence-corrected chi connectivity index (χ3v) is 6.81. The average molecular weight is 479 g/mol. The molecule has 188 valence electrons. The molecule has 0 radical (unpaired) electrons. The van der Waals surface area contributed by atoms with Crippen molar-refractivity contribution in [3.8, 4) is 0 Å². The van der Waals surface area contributed by atoms with Crippen molar-refractivity contribution in [2.75, 3.05) is 27.2 Å². The average Bonchev–Trinajstić information content (AvgIpc) is 2.77. The van der Waals surface area contributed by atoms with E-state index < -0.39 is 48.9 Å². The van der Waals surface area contributed by atoms with Gasteiger partial charge in [-0.25, -0.2) is 4.79 Å². The standard InChI is InChI=1S/C24H34N2O8/c1-22(9-11-23(12-10-22,26(2)3)17-7-5-4-6-8-17)16-25-18(27)15-34-20(30)14-24(33,21(31)32)13-19(28)29/h4-8,33H,9-16H2,1-3H3,(H,25,27)(H,28,29)(H,31,32). The Morgan fingerprint density at radius 2 is 1.62 bits per heavy atom. The van der Waals surface area contributed by atoms with Gasteiger partial charge < -0.3 is 25.4 Å². The second-order valence-electron chi connectivity index (χ2n) is 9.62. The van der Waals surface area contributed by atoms with Crippen LogP contribution in [0.5, 0.6) is 0 Å². The van der Waals surface area contributed by atoms with Crippen LogP contribution in [-0.2, 0) is 29.5 Å². The number of aliphatic hydroxyl groups is 1. The zero-order valence-corrected chi connectivity index (χ0v) is 19.9. The Labute approximate surface area is 198 Å². The summed E-state index contributed by atoms with van der Waals surface area (Å²) in [7, 11) is 4.15. The molecule has 0 saturated heterocycles. The minimum absolute atomic E-state index is 0.0722. The van der Waals surface area contributed by atoms with Crippen LogP contribution in [-0.4, -0.2) is 76.9 Å². The van der Waals surface area contributed by atoms with Crippen LogP contribution in [0.15, 0.2) is 30.3 Å². The summed E-state index contributed by atoms with van der Waals surface area (Å²) in [5, 5.41) is 30.4. The summed E-state index contributed by atoms with van der Waals surface area (Å²) in [6.07, 6.45) is 1.35. The van der Waals surface area contributed by atoms with Gasteiger partial charge in [-0.05, 0) is 50.8 Å². The van der Waals surface area contributed by atoms with E-state index >= 15 is 0 Å². The maximum atomic E-state index is 12.2. The molecule has 1 aromatic carbocycles. The van der Waals surface area contributed by atoms with Crippen LogP contribution in [0.2, 0.25) is 0 Å².